The highest BCUT2D eigenvalue weighted by Gasteiger charge is 2.26. The first-order valence-electron chi connectivity index (χ1n) is 9.75. The number of alkyl halides is 1. The summed E-state index contributed by atoms with van der Waals surface area (Å²) in [4.78, 5) is 24.6. The van der Waals surface area contributed by atoms with Crippen LogP contribution in [0.25, 0.3) is 23.1 Å². The largest absolute Gasteiger partial charge is 0.491 e. The standard InChI is InChI=1S/C23H22BrFN2O5/c1-23(2,3)32-22(30)27-18-11-9-16(21(28)29)20(31-13-12-24)19(18)17(26-27)10-6-14-4-7-15(25)8-5-14/h4-11H,12-13H2,1-3H3,(H,28,29)/b10-6+. The molecule has 168 valence electrons. The molecule has 1 aromatic heterocycles. The monoisotopic (exact) mass is 504 g/mol. The van der Waals surface area contributed by atoms with E-state index < -0.39 is 17.7 Å². The minimum Gasteiger partial charge on any atom is -0.491 e. The van der Waals surface area contributed by atoms with E-state index in [1.807, 2.05) is 0 Å². The van der Waals surface area contributed by atoms with Crippen molar-refractivity contribution in [3.8, 4) is 5.75 Å². The Morgan fingerprint density at radius 1 is 1.16 bits per heavy atom. The number of carboxylic acid groups (broad SMARTS) is 1. The van der Waals surface area contributed by atoms with Crippen molar-refractivity contribution in [3.05, 3.63) is 59.0 Å². The maximum Gasteiger partial charge on any atom is 0.435 e. The second-order valence-electron chi connectivity index (χ2n) is 7.84. The maximum absolute atomic E-state index is 13.2. The summed E-state index contributed by atoms with van der Waals surface area (Å²) in [6.45, 7) is 5.41. The first-order valence-corrected chi connectivity index (χ1v) is 10.9. The first kappa shape index (κ1) is 23.5. The fourth-order valence-electron chi connectivity index (χ4n) is 2.98. The summed E-state index contributed by atoms with van der Waals surface area (Å²) in [5, 5.41) is 14.9. The van der Waals surface area contributed by atoms with Gasteiger partial charge < -0.3 is 14.6 Å². The molecule has 9 heteroatoms. The Labute approximate surface area is 192 Å². The molecule has 0 aliphatic carbocycles. The van der Waals surface area contributed by atoms with Crippen molar-refractivity contribution >= 4 is 51.0 Å². The van der Waals surface area contributed by atoms with E-state index in [2.05, 4.69) is 21.0 Å². The molecule has 0 saturated heterocycles. The first-order chi connectivity index (χ1) is 15.1. The molecule has 0 atom stereocenters. The number of aromatic nitrogens is 2. The number of carboxylic acids is 1. The van der Waals surface area contributed by atoms with Gasteiger partial charge in [-0.3, -0.25) is 0 Å². The molecule has 0 unspecified atom stereocenters. The third-order valence-corrected chi connectivity index (χ3v) is 4.58. The van der Waals surface area contributed by atoms with Crippen molar-refractivity contribution in [1.29, 1.82) is 0 Å². The lowest BCUT2D eigenvalue weighted by atomic mass is 10.1. The van der Waals surface area contributed by atoms with Crippen LogP contribution in [0, 0.1) is 5.82 Å². The van der Waals surface area contributed by atoms with Crippen LogP contribution in [0.3, 0.4) is 0 Å². The van der Waals surface area contributed by atoms with Crippen LogP contribution < -0.4 is 4.74 Å². The van der Waals surface area contributed by atoms with Gasteiger partial charge >= 0.3 is 12.1 Å². The average Bonchev–Trinajstić information content (AvgIpc) is 3.09. The van der Waals surface area contributed by atoms with Crippen LogP contribution in [0.1, 0.15) is 42.4 Å². The lowest BCUT2D eigenvalue weighted by Gasteiger charge is -2.19. The second-order valence-corrected chi connectivity index (χ2v) is 8.63. The van der Waals surface area contributed by atoms with E-state index in [0.717, 1.165) is 4.68 Å². The molecule has 0 bridgehead atoms. The van der Waals surface area contributed by atoms with Gasteiger partial charge in [-0.25, -0.2) is 14.0 Å². The van der Waals surface area contributed by atoms with Gasteiger partial charge in [-0.15, -0.1) is 0 Å². The highest BCUT2D eigenvalue weighted by Crippen LogP contribution is 2.34. The Bertz CT molecular complexity index is 1180. The third-order valence-electron chi connectivity index (χ3n) is 4.25. The van der Waals surface area contributed by atoms with E-state index in [-0.39, 0.29) is 23.7 Å². The third kappa shape index (κ3) is 5.34. The zero-order valence-corrected chi connectivity index (χ0v) is 19.3. The highest BCUT2D eigenvalue weighted by molar-refractivity contribution is 9.09. The number of ether oxygens (including phenoxy) is 2. The van der Waals surface area contributed by atoms with Crippen LogP contribution in [-0.2, 0) is 4.74 Å². The Hall–Kier alpha value is -3.20. The molecule has 0 spiro atoms. The zero-order valence-electron chi connectivity index (χ0n) is 17.8. The SMILES string of the molecule is CC(C)(C)OC(=O)n1nc(/C=C/c2ccc(F)cc2)c2c(OCCBr)c(C(=O)O)ccc21. The van der Waals surface area contributed by atoms with Crippen molar-refractivity contribution in [3.63, 3.8) is 0 Å². The molecule has 0 aliphatic heterocycles. The molecule has 3 rings (SSSR count). The van der Waals surface area contributed by atoms with Gasteiger partial charge in [0.1, 0.15) is 22.7 Å². The molecule has 1 heterocycles. The average molecular weight is 505 g/mol. The Balaban J connectivity index is 2.22. The van der Waals surface area contributed by atoms with Crippen LogP contribution >= 0.6 is 15.9 Å². The van der Waals surface area contributed by atoms with Gasteiger partial charge in [0, 0.05) is 5.33 Å². The van der Waals surface area contributed by atoms with Gasteiger partial charge in [-0.1, -0.05) is 34.1 Å². The summed E-state index contributed by atoms with van der Waals surface area (Å²) in [5.74, 6) is -1.43. The molecule has 0 saturated carbocycles. The zero-order chi connectivity index (χ0) is 23.5. The number of fused-ring (bicyclic) bond motifs is 1. The lowest BCUT2D eigenvalue weighted by molar-refractivity contribution is 0.0522. The molecular weight excluding hydrogens is 483 g/mol. The molecule has 0 amide bonds. The van der Waals surface area contributed by atoms with Gasteiger partial charge in [0.2, 0.25) is 0 Å². The van der Waals surface area contributed by atoms with Crippen LogP contribution in [-0.4, -0.2) is 44.5 Å². The Morgan fingerprint density at radius 3 is 2.44 bits per heavy atom. The molecule has 7 nitrogen and oxygen atoms in total. The summed E-state index contributed by atoms with van der Waals surface area (Å²) in [6.07, 6.45) is 2.59. The number of hydrogen-bond donors (Lipinski definition) is 1. The number of hydrogen-bond acceptors (Lipinski definition) is 5. The number of carbonyl (C=O) groups is 2. The number of carbonyl (C=O) groups excluding carboxylic acids is 1. The Kier molecular flexibility index (Phi) is 6.98. The normalized spacial score (nSPS) is 11.8. The highest BCUT2D eigenvalue weighted by atomic mass is 79.9. The van der Waals surface area contributed by atoms with E-state index in [4.69, 9.17) is 9.47 Å². The molecule has 0 aliphatic rings. The van der Waals surface area contributed by atoms with Gasteiger partial charge in [-0.05, 0) is 56.7 Å². The van der Waals surface area contributed by atoms with Crippen molar-refractivity contribution in [2.75, 3.05) is 11.9 Å². The number of aromatic carboxylic acids is 1. The van der Waals surface area contributed by atoms with Crippen molar-refractivity contribution in [2.45, 2.75) is 26.4 Å². The smallest absolute Gasteiger partial charge is 0.435 e. The summed E-state index contributed by atoms with van der Waals surface area (Å²) < 4.78 is 25.5. The summed E-state index contributed by atoms with van der Waals surface area (Å²) in [7, 11) is 0. The number of benzene rings is 2. The quantitative estimate of drug-likeness (QED) is 0.439. The predicted octanol–water partition coefficient (Wildman–Crippen LogP) is 5.60. The topological polar surface area (TPSA) is 90.7 Å². The van der Waals surface area contributed by atoms with Gasteiger partial charge in [-0.2, -0.15) is 9.78 Å². The summed E-state index contributed by atoms with van der Waals surface area (Å²) in [5.41, 5.74) is 0.535. The van der Waals surface area contributed by atoms with Gasteiger partial charge in [0.15, 0.2) is 0 Å². The molecule has 0 radical (unpaired) electrons. The molecule has 0 fully saturated rings. The Morgan fingerprint density at radius 2 is 1.84 bits per heavy atom. The van der Waals surface area contributed by atoms with Crippen LogP contribution in [0.5, 0.6) is 5.75 Å². The summed E-state index contributed by atoms with van der Waals surface area (Å²) in [6, 6.07) is 8.68. The van der Waals surface area contributed by atoms with E-state index >= 15 is 0 Å². The number of nitrogens with zero attached hydrogens (tertiary/aromatic N) is 2. The molecule has 1 N–H and O–H groups in total. The van der Waals surface area contributed by atoms with Crippen LogP contribution in [0.15, 0.2) is 36.4 Å². The fourth-order valence-corrected chi connectivity index (χ4v) is 3.14. The van der Waals surface area contributed by atoms with Crippen molar-refractivity contribution in [1.82, 2.24) is 9.78 Å². The molecule has 2 aromatic carbocycles. The van der Waals surface area contributed by atoms with E-state index in [9.17, 15) is 19.1 Å². The number of rotatable bonds is 6. The van der Waals surface area contributed by atoms with E-state index in [0.29, 0.717) is 27.5 Å². The molecular formula is C23H22BrFN2O5. The van der Waals surface area contributed by atoms with Crippen molar-refractivity contribution in [2.24, 2.45) is 0 Å². The maximum atomic E-state index is 13.2. The van der Waals surface area contributed by atoms with E-state index in [1.54, 1.807) is 45.1 Å². The molecule has 32 heavy (non-hydrogen) atoms. The van der Waals surface area contributed by atoms with Crippen LogP contribution in [0.4, 0.5) is 9.18 Å². The minimum absolute atomic E-state index is 0.0568. The molecule has 3 aromatic rings. The predicted molar refractivity (Wildman–Crippen MR) is 123 cm³/mol. The fraction of sp³-hybridized carbons (Fsp3) is 0.261. The summed E-state index contributed by atoms with van der Waals surface area (Å²) >= 11 is 3.27. The lowest BCUT2D eigenvalue weighted by Crippen LogP contribution is -2.27. The van der Waals surface area contributed by atoms with Crippen LogP contribution in [0.2, 0.25) is 0 Å². The van der Waals surface area contributed by atoms with Gasteiger partial charge in [0.25, 0.3) is 0 Å². The van der Waals surface area contributed by atoms with Gasteiger partial charge in [0.05, 0.1) is 23.2 Å². The van der Waals surface area contributed by atoms with Crippen molar-refractivity contribution < 1.29 is 28.6 Å². The second kappa shape index (κ2) is 9.52. The number of halogens is 2. The van der Waals surface area contributed by atoms with E-state index in [1.165, 1.54) is 24.3 Å². The minimum atomic E-state index is -1.17.